The molecule has 1 aliphatic heterocycles. The highest BCUT2D eigenvalue weighted by Gasteiger charge is 2.37. The Morgan fingerprint density at radius 1 is 0.500 bits per heavy atom. The number of hydrogen-bond acceptors (Lipinski definition) is 3. The lowest BCUT2D eigenvalue weighted by Crippen LogP contribution is -2.15. The van der Waals surface area contributed by atoms with Gasteiger partial charge in [-0.2, -0.15) is 0 Å². The van der Waals surface area contributed by atoms with Crippen LogP contribution in [0.4, 0.5) is 0 Å². The summed E-state index contributed by atoms with van der Waals surface area (Å²) in [5, 5.41) is 2.50. The average molecular weight is 651 g/mol. The van der Waals surface area contributed by atoms with Gasteiger partial charge in [0.2, 0.25) is 0 Å². The van der Waals surface area contributed by atoms with Crippen LogP contribution in [0.1, 0.15) is 25.0 Å². The van der Waals surface area contributed by atoms with Crippen LogP contribution in [-0.4, -0.2) is 9.55 Å². The first-order chi connectivity index (χ1) is 23.5. The van der Waals surface area contributed by atoms with E-state index in [1.807, 2.05) is 35.8 Å². The normalized spacial score (nSPS) is 14.0. The molecule has 2 nitrogen and oxygen atoms in total. The molecule has 3 heterocycles. The molecule has 0 amide bonds. The second-order valence-electron chi connectivity index (χ2n) is 13.2. The molecule has 0 bridgehead atoms. The van der Waals surface area contributed by atoms with E-state index in [2.05, 4.69) is 152 Å². The van der Waals surface area contributed by atoms with Crippen LogP contribution in [0, 0.1) is 0 Å². The van der Waals surface area contributed by atoms with Gasteiger partial charge < -0.3 is 4.57 Å². The van der Waals surface area contributed by atoms with Crippen molar-refractivity contribution >= 4 is 45.3 Å². The lowest BCUT2D eigenvalue weighted by molar-refractivity contribution is 0.658. The van der Waals surface area contributed by atoms with Crippen molar-refractivity contribution in [3.05, 3.63) is 157 Å². The van der Waals surface area contributed by atoms with Gasteiger partial charge in [-0.15, -0.1) is 0 Å². The fourth-order valence-corrected chi connectivity index (χ4v) is 9.94. The molecule has 0 saturated heterocycles. The first-order valence-electron chi connectivity index (χ1n) is 16.4. The van der Waals surface area contributed by atoms with Crippen LogP contribution >= 0.6 is 23.5 Å². The summed E-state index contributed by atoms with van der Waals surface area (Å²) in [4.78, 5) is 10.3. The Labute approximate surface area is 288 Å². The third-order valence-electron chi connectivity index (χ3n) is 10.1. The van der Waals surface area contributed by atoms with E-state index in [4.69, 9.17) is 4.98 Å². The summed E-state index contributed by atoms with van der Waals surface area (Å²) in [6.45, 7) is 4.77. The lowest BCUT2D eigenvalue weighted by Gasteiger charge is -2.24. The van der Waals surface area contributed by atoms with Crippen LogP contribution in [0.3, 0.4) is 0 Å². The Kier molecular flexibility index (Phi) is 6.12. The molecule has 0 radical (unpaired) electrons. The maximum atomic E-state index is 4.86. The SMILES string of the molecule is CC1(C)c2cc(-c3ccc4c(c3)c3ccccc3n4-c3ccc(-c4ccccc4)nc3)ccc2-c2cc3c(cc21)Sc1ccccc1S3. The summed E-state index contributed by atoms with van der Waals surface area (Å²) in [5.74, 6) is 0. The second-order valence-corrected chi connectivity index (χ2v) is 15.4. The summed E-state index contributed by atoms with van der Waals surface area (Å²) < 4.78 is 2.34. The van der Waals surface area contributed by atoms with Gasteiger partial charge in [-0.05, 0) is 94.0 Å². The molecule has 228 valence electrons. The van der Waals surface area contributed by atoms with E-state index in [1.165, 1.54) is 74.8 Å². The zero-order valence-corrected chi connectivity index (χ0v) is 28.2. The van der Waals surface area contributed by atoms with Gasteiger partial charge >= 0.3 is 0 Å². The van der Waals surface area contributed by atoms with Gasteiger partial charge in [0.15, 0.2) is 0 Å². The Hall–Kier alpha value is -5.03. The van der Waals surface area contributed by atoms with Gasteiger partial charge in [-0.1, -0.05) is 116 Å². The summed E-state index contributed by atoms with van der Waals surface area (Å²) >= 11 is 3.80. The van der Waals surface area contributed by atoms with Gasteiger partial charge in [0.25, 0.3) is 0 Å². The van der Waals surface area contributed by atoms with Crippen LogP contribution in [0.5, 0.6) is 0 Å². The number of pyridine rings is 1. The third kappa shape index (κ3) is 4.19. The number of fused-ring (bicyclic) bond motifs is 8. The minimum absolute atomic E-state index is 0.0864. The summed E-state index contributed by atoms with van der Waals surface area (Å²) in [5.41, 5.74) is 13.5. The van der Waals surface area contributed by atoms with Crippen molar-refractivity contribution < 1.29 is 0 Å². The topological polar surface area (TPSA) is 17.8 Å². The molecule has 0 unspecified atom stereocenters. The molecule has 0 atom stereocenters. The Balaban J connectivity index is 1.06. The molecular weight excluding hydrogens is 621 g/mol. The van der Waals surface area contributed by atoms with Crippen molar-refractivity contribution in [3.8, 4) is 39.2 Å². The molecule has 4 heteroatoms. The lowest BCUT2D eigenvalue weighted by atomic mass is 9.81. The zero-order valence-electron chi connectivity index (χ0n) is 26.6. The smallest absolute Gasteiger partial charge is 0.0703 e. The summed E-state index contributed by atoms with van der Waals surface area (Å²) in [6, 6.07) is 51.1. The average Bonchev–Trinajstić information content (AvgIpc) is 3.57. The number of para-hydroxylation sites is 1. The van der Waals surface area contributed by atoms with Gasteiger partial charge in [0, 0.05) is 41.3 Å². The predicted octanol–water partition coefficient (Wildman–Crippen LogP) is 12.4. The standard InChI is InChI=1S/C44H30N2S2/c1-44(2)35-23-29(16-19-31(35)33-24-42-43(25-36(33)44)48-41-15-9-8-14-40(41)47-42)28-17-21-39-34(22-28)32-12-6-7-13-38(32)46(39)30-18-20-37(45-26-30)27-10-4-3-5-11-27/h3-26H,1-2H3. The van der Waals surface area contributed by atoms with Crippen molar-refractivity contribution in [1.82, 2.24) is 9.55 Å². The van der Waals surface area contributed by atoms with Crippen LogP contribution in [0.15, 0.2) is 165 Å². The number of aromatic nitrogens is 2. The maximum Gasteiger partial charge on any atom is 0.0703 e. The van der Waals surface area contributed by atoms with Crippen LogP contribution in [0.25, 0.3) is 61.0 Å². The number of nitrogens with zero attached hydrogens (tertiary/aromatic N) is 2. The highest BCUT2D eigenvalue weighted by atomic mass is 32.2. The van der Waals surface area contributed by atoms with Crippen molar-refractivity contribution in [2.45, 2.75) is 38.8 Å². The van der Waals surface area contributed by atoms with Crippen LogP contribution in [0.2, 0.25) is 0 Å². The first-order valence-corrected chi connectivity index (χ1v) is 18.0. The molecular formula is C44H30N2S2. The Bertz CT molecular complexity index is 2580. The fourth-order valence-electron chi connectivity index (χ4n) is 7.66. The van der Waals surface area contributed by atoms with E-state index in [0.29, 0.717) is 0 Å². The molecule has 0 N–H and O–H groups in total. The molecule has 48 heavy (non-hydrogen) atoms. The maximum absolute atomic E-state index is 4.86. The quantitative estimate of drug-likeness (QED) is 0.189. The highest BCUT2D eigenvalue weighted by Crippen LogP contribution is 2.56. The van der Waals surface area contributed by atoms with E-state index in [1.54, 1.807) is 0 Å². The summed E-state index contributed by atoms with van der Waals surface area (Å²) in [6.07, 6.45) is 2.00. The minimum Gasteiger partial charge on any atom is -0.308 e. The van der Waals surface area contributed by atoms with E-state index in [9.17, 15) is 0 Å². The van der Waals surface area contributed by atoms with Crippen molar-refractivity contribution in [1.29, 1.82) is 0 Å². The fraction of sp³-hybridized carbons (Fsp3) is 0.0682. The van der Waals surface area contributed by atoms with Crippen molar-refractivity contribution in [2.75, 3.05) is 0 Å². The molecule has 8 aromatic rings. The van der Waals surface area contributed by atoms with Gasteiger partial charge in [0.05, 0.1) is 28.6 Å². The Morgan fingerprint density at radius 3 is 1.96 bits per heavy atom. The second kappa shape index (κ2) is 10.5. The molecule has 6 aromatic carbocycles. The van der Waals surface area contributed by atoms with Gasteiger partial charge in [0.1, 0.15) is 0 Å². The molecule has 0 fully saturated rings. The molecule has 10 rings (SSSR count). The zero-order chi connectivity index (χ0) is 32.0. The molecule has 0 spiro atoms. The van der Waals surface area contributed by atoms with E-state index in [-0.39, 0.29) is 5.41 Å². The molecule has 1 aliphatic carbocycles. The van der Waals surface area contributed by atoms with E-state index >= 15 is 0 Å². The number of benzene rings is 6. The third-order valence-corrected chi connectivity index (χ3v) is 12.6. The Morgan fingerprint density at radius 2 is 1.17 bits per heavy atom. The molecule has 2 aliphatic rings. The highest BCUT2D eigenvalue weighted by molar-refractivity contribution is 8.05. The summed E-state index contributed by atoms with van der Waals surface area (Å²) in [7, 11) is 0. The first kappa shape index (κ1) is 28.0. The van der Waals surface area contributed by atoms with Crippen molar-refractivity contribution in [3.63, 3.8) is 0 Å². The van der Waals surface area contributed by atoms with Gasteiger partial charge in [-0.25, -0.2) is 0 Å². The minimum atomic E-state index is -0.0864. The van der Waals surface area contributed by atoms with E-state index in [0.717, 1.165) is 16.9 Å². The molecule has 0 saturated carbocycles. The van der Waals surface area contributed by atoms with Crippen LogP contribution < -0.4 is 0 Å². The largest absolute Gasteiger partial charge is 0.308 e. The monoisotopic (exact) mass is 650 g/mol. The van der Waals surface area contributed by atoms with Crippen LogP contribution in [-0.2, 0) is 5.41 Å². The predicted molar refractivity (Wildman–Crippen MR) is 202 cm³/mol. The number of rotatable bonds is 3. The van der Waals surface area contributed by atoms with Crippen molar-refractivity contribution in [2.24, 2.45) is 0 Å². The van der Waals surface area contributed by atoms with Gasteiger partial charge in [-0.3, -0.25) is 4.98 Å². The molecule has 2 aromatic heterocycles. The van der Waals surface area contributed by atoms with E-state index < -0.39 is 0 Å². The number of hydrogen-bond donors (Lipinski definition) is 0.